The predicted molar refractivity (Wildman–Crippen MR) is 52.9 cm³/mol. The van der Waals surface area contributed by atoms with Gasteiger partial charge in [0.2, 0.25) is 0 Å². The molecule has 0 rings (SSSR count). The first-order valence-electron chi connectivity index (χ1n) is 3.81. The number of allylic oxidation sites excluding steroid dienone is 1. The normalized spacial score (nSPS) is 11.5. The van der Waals surface area contributed by atoms with Crippen molar-refractivity contribution in [2.75, 3.05) is 20.3 Å². The first-order chi connectivity index (χ1) is 6.63. The number of rotatable bonds is 5. The van der Waals surface area contributed by atoms with Crippen molar-refractivity contribution in [3.63, 3.8) is 0 Å². The molecule has 0 aliphatic heterocycles. The third-order valence-corrected chi connectivity index (χ3v) is 2.00. The third kappa shape index (κ3) is 4.74. The molecule has 0 aromatic carbocycles. The number of esters is 1. The lowest BCUT2D eigenvalue weighted by atomic mass is 10.4. The van der Waals surface area contributed by atoms with Crippen LogP contribution >= 0.6 is 11.8 Å². The zero-order valence-corrected chi connectivity index (χ0v) is 8.89. The zero-order valence-electron chi connectivity index (χ0n) is 8.07. The SMILES string of the molecule is COCCOC(=O)C(SC#N)=C(C)N. The summed E-state index contributed by atoms with van der Waals surface area (Å²) in [6, 6.07) is 0. The van der Waals surface area contributed by atoms with Gasteiger partial charge in [-0.2, -0.15) is 5.26 Å². The third-order valence-electron chi connectivity index (χ3n) is 1.21. The van der Waals surface area contributed by atoms with Crippen LogP contribution in [0.15, 0.2) is 10.6 Å². The molecule has 0 atom stereocenters. The molecule has 5 nitrogen and oxygen atoms in total. The Balaban J connectivity index is 4.20. The first-order valence-corrected chi connectivity index (χ1v) is 4.63. The molecule has 0 unspecified atom stereocenters. The molecule has 6 heteroatoms. The van der Waals surface area contributed by atoms with Crippen molar-refractivity contribution in [2.45, 2.75) is 6.92 Å². The van der Waals surface area contributed by atoms with Crippen LogP contribution in [0.25, 0.3) is 0 Å². The number of carbonyl (C=O) groups is 1. The highest BCUT2D eigenvalue weighted by atomic mass is 32.2. The van der Waals surface area contributed by atoms with Crippen LogP contribution in [0.5, 0.6) is 0 Å². The summed E-state index contributed by atoms with van der Waals surface area (Å²) in [5, 5.41) is 10.2. The molecule has 0 saturated carbocycles. The maximum Gasteiger partial charge on any atom is 0.347 e. The monoisotopic (exact) mass is 216 g/mol. The molecule has 0 spiro atoms. The molecule has 0 heterocycles. The van der Waals surface area contributed by atoms with E-state index in [0.29, 0.717) is 18.4 Å². The highest BCUT2D eigenvalue weighted by Crippen LogP contribution is 2.17. The number of thiocyanates is 1. The van der Waals surface area contributed by atoms with Gasteiger partial charge >= 0.3 is 5.97 Å². The Labute approximate surface area is 86.8 Å². The predicted octanol–water partition coefficient (Wildman–Crippen LogP) is 0.580. The molecule has 2 N–H and O–H groups in total. The van der Waals surface area contributed by atoms with Crippen LogP contribution in [0.4, 0.5) is 0 Å². The standard InChI is InChI=1S/C8H12N2O3S/c1-6(10)7(14-5-9)8(11)13-4-3-12-2/h3-4,10H2,1-2H3. The number of nitrogens with zero attached hydrogens (tertiary/aromatic N) is 1. The average Bonchev–Trinajstić information content (AvgIpc) is 2.13. The molecule has 14 heavy (non-hydrogen) atoms. The Morgan fingerprint density at radius 1 is 1.57 bits per heavy atom. The number of carbonyl (C=O) groups excluding carboxylic acids is 1. The fraction of sp³-hybridized carbons (Fsp3) is 0.500. The summed E-state index contributed by atoms with van der Waals surface area (Å²) in [6.45, 7) is 2.01. The Kier molecular flexibility index (Phi) is 6.62. The van der Waals surface area contributed by atoms with E-state index in [-0.39, 0.29) is 17.2 Å². The van der Waals surface area contributed by atoms with Gasteiger partial charge in [0.25, 0.3) is 0 Å². The molecule has 0 fully saturated rings. The van der Waals surface area contributed by atoms with E-state index in [1.54, 1.807) is 5.40 Å². The fourth-order valence-electron chi connectivity index (χ4n) is 0.612. The lowest BCUT2D eigenvalue weighted by Gasteiger charge is -2.05. The van der Waals surface area contributed by atoms with Gasteiger partial charge in [0.15, 0.2) is 0 Å². The molecular weight excluding hydrogens is 204 g/mol. The number of nitriles is 1. The molecule has 0 aromatic heterocycles. The second kappa shape index (κ2) is 7.24. The van der Waals surface area contributed by atoms with Crippen LogP contribution < -0.4 is 5.73 Å². The van der Waals surface area contributed by atoms with E-state index in [4.69, 9.17) is 20.5 Å². The highest BCUT2D eigenvalue weighted by molar-refractivity contribution is 8.08. The van der Waals surface area contributed by atoms with Gasteiger partial charge in [-0.15, -0.1) is 0 Å². The van der Waals surface area contributed by atoms with Crippen molar-refractivity contribution >= 4 is 17.7 Å². The maximum atomic E-state index is 11.3. The van der Waals surface area contributed by atoms with E-state index < -0.39 is 5.97 Å². The first kappa shape index (κ1) is 12.8. The summed E-state index contributed by atoms with van der Waals surface area (Å²) < 4.78 is 9.48. The van der Waals surface area contributed by atoms with Crippen LogP contribution in [0.3, 0.4) is 0 Å². The Morgan fingerprint density at radius 3 is 2.64 bits per heavy atom. The number of methoxy groups -OCH3 is 1. The van der Waals surface area contributed by atoms with Crippen molar-refractivity contribution in [3.05, 3.63) is 10.6 Å². The number of hydrogen-bond donors (Lipinski definition) is 1. The van der Waals surface area contributed by atoms with Crippen molar-refractivity contribution in [1.82, 2.24) is 0 Å². The number of ether oxygens (including phenoxy) is 2. The summed E-state index contributed by atoms with van der Waals surface area (Å²) in [6.07, 6.45) is 0. The van der Waals surface area contributed by atoms with Crippen molar-refractivity contribution in [1.29, 1.82) is 5.26 Å². The Bertz CT molecular complexity index is 266. The minimum Gasteiger partial charge on any atom is -0.459 e. The van der Waals surface area contributed by atoms with Gasteiger partial charge in [-0.25, -0.2) is 4.79 Å². The van der Waals surface area contributed by atoms with E-state index >= 15 is 0 Å². The molecule has 78 valence electrons. The van der Waals surface area contributed by atoms with Gasteiger partial charge in [-0.1, -0.05) is 0 Å². The molecule has 0 aromatic rings. The van der Waals surface area contributed by atoms with Crippen LogP contribution in [-0.2, 0) is 14.3 Å². The highest BCUT2D eigenvalue weighted by Gasteiger charge is 2.13. The second-order valence-electron chi connectivity index (χ2n) is 2.33. The van der Waals surface area contributed by atoms with Crippen molar-refractivity contribution < 1.29 is 14.3 Å². The molecule has 0 saturated heterocycles. The Morgan fingerprint density at radius 2 is 2.21 bits per heavy atom. The van der Waals surface area contributed by atoms with Gasteiger partial charge in [0, 0.05) is 12.8 Å². The lowest BCUT2D eigenvalue weighted by molar-refractivity contribution is -0.139. The Hall–Kier alpha value is -1.19. The summed E-state index contributed by atoms with van der Waals surface area (Å²) in [5.74, 6) is -0.589. The van der Waals surface area contributed by atoms with Crippen LogP contribution in [0.1, 0.15) is 6.92 Å². The summed E-state index contributed by atoms with van der Waals surface area (Å²) in [7, 11) is 1.50. The van der Waals surface area contributed by atoms with E-state index in [1.165, 1.54) is 14.0 Å². The second-order valence-corrected chi connectivity index (χ2v) is 3.13. The van der Waals surface area contributed by atoms with E-state index in [0.717, 1.165) is 0 Å². The van der Waals surface area contributed by atoms with Gasteiger partial charge in [0.1, 0.15) is 16.9 Å². The lowest BCUT2D eigenvalue weighted by Crippen LogP contribution is -2.13. The minimum atomic E-state index is -0.589. The molecule has 0 radical (unpaired) electrons. The molecule has 0 aliphatic carbocycles. The number of thioether (sulfide) groups is 1. The molecular formula is C8H12N2O3S. The average molecular weight is 216 g/mol. The quantitative estimate of drug-likeness (QED) is 0.313. The summed E-state index contributed by atoms with van der Waals surface area (Å²) >= 11 is 0.695. The fourth-order valence-corrected chi connectivity index (χ4v) is 1.01. The maximum absolute atomic E-state index is 11.3. The van der Waals surface area contributed by atoms with Crippen LogP contribution in [0.2, 0.25) is 0 Å². The zero-order chi connectivity index (χ0) is 11.0. The van der Waals surface area contributed by atoms with Crippen LogP contribution in [0, 0.1) is 10.7 Å². The topological polar surface area (TPSA) is 85.3 Å². The van der Waals surface area contributed by atoms with Gasteiger partial charge in [-0.3, -0.25) is 0 Å². The van der Waals surface area contributed by atoms with E-state index in [2.05, 4.69) is 0 Å². The smallest absolute Gasteiger partial charge is 0.347 e. The van der Waals surface area contributed by atoms with Crippen molar-refractivity contribution in [2.24, 2.45) is 5.73 Å². The van der Waals surface area contributed by atoms with Gasteiger partial charge in [0.05, 0.1) is 6.61 Å². The van der Waals surface area contributed by atoms with Gasteiger partial charge in [-0.05, 0) is 18.7 Å². The van der Waals surface area contributed by atoms with E-state index in [1.807, 2.05) is 0 Å². The summed E-state index contributed by atoms with van der Waals surface area (Å²) in [4.78, 5) is 11.4. The van der Waals surface area contributed by atoms with Crippen LogP contribution in [-0.4, -0.2) is 26.3 Å². The van der Waals surface area contributed by atoms with Crippen molar-refractivity contribution in [3.8, 4) is 5.40 Å². The minimum absolute atomic E-state index is 0.128. The molecule has 0 aliphatic rings. The number of nitrogens with two attached hydrogens (primary N) is 1. The van der Waals surface area contributed by atoms with E-state index in [9.17, 15) is 4.79 Å². The number of hydrogen-bond acceptors (Lipinski definition) is 6. The largest absolute Gasteiger partial charge is 0.459 e. The summed E-state index contributed by atoms with van der Waals surface area (Å²) in [5.41, 5.74) is 5.68. The molecule has 0 bridgehead atoms. The molecule has 0 amide bonds. The van der Waals surface area contributed by atoms with Gasteiger partial charge < -0.3 is 15.2 Å².